The van der Waals surface area contributed by atoms with Crippen LogP contribution in [0.5, 0.6) is 0 Å². The van der Waals surface area contributed by atoms with Gasteiger partial charge >= 0.3 is 0 Å². The molecule has 0 saturated carbocycles. The molecule has 3 aromatic heterocycles. The Kier molecular flexibility index (Phi) is 4.95. The van der Waals surface area contributed by atoms with Gasteiger partial charge in [0.2, 0.25) is 0 Å². The van der Waals surface area contributed by atoms with Crippen LogP contribution in [0.1, 0.15) is 24.3 Å². The van der Waals surface area contributed by atoms with Crippen LogP contribution in [-0.4, -0.2) is 32.5 Å². The molecule has 0 unspecified atom stereocenters. The van der Waals surface area contributed by atoms with Gasteiger partial charge in [0.15, 0.2) is 0 Å². The molecule has 7 nitrogen and oxygen atoms in total. The molecular weight excluding hydrogens is 364 g/mol. The van der Waals surface area contributed by atoms with Crippen molar-refractivity contribution in [2.45, 2.75) is 13.3 Å². The van der Waals surface area contributed by atoms with Gasteiger partial charge in [0.25, 0.3) is 5.91 Å². The van der Waals surface area contributed by atoms with E-state index in [1.54, 1.807) is 31.0 Å². The van der Waals surface area contributed by atoms with Gasteiger partial charge in [0.05, 0.1) is 29.9 Å². The highest BCUT2D eigenvalue weighted by Gasteiger charge is 2.15. The number of aromatic nitrogens is 4. The minimum absolute atomic E-state index is 0. The highest BCUT2D eigenvalue weighted by molar-refractivity contribution is 6.05. The fourth-order valence-electron chi connectivity index (χ4n) is 3.28. The molecule has 148 valence electrons. The third kappa shape index (κ3) is 3.67. The van der Waals surface area contributed by atoms with Crippen LogP contribution in [0.4, 0.5) is 17.2 Å². The van der Waals surface area contributed by atoms with E-state index in [0.29, 0.717) is 11.3 Å². The van der Waals surface area contributed by atoms with Gasteiger partial charge in [0, 0.05) is 39.0 Å². The molecule has 0 spiro atoms. The average molecular weight is 388 g/mol. The quantitative estimate of drug-likeness (QED) is 0.555. The number of pyridine rings is 2. The van der Waals surface area contributed by atoms with Gasteiger partial charge in [-0.15, -0.1) is 0 Å². The number of nitrogens with zero attached hydrogens (tertiary/aromatic N) is 5. The number of amides is 1. The van der Waals surface area contributed by atoms with E-state index >= 15 is 0 Å². The molecule has 1 N–H and O–H groups in total. The van der Waals surface area contributed by atoms with Gasteiger partial charge in [0.1, 0.15) is 11.3 Å². The van der Waals surface area contributed by atoms with Gasteiger partial charge in [-0.05, 0) is 36.2 Å². The second-order valence-electron chi connectivity index (χ2n) is 6.84. The molecular formula is C22H24N6O. The summed E-state index contributed by atoms with van der Waals surface area (Å²) in [6.07, 6.45) is 7.68. The molecule has 0 aliphatic heterocycles. The summed E-state index contributed by atoms with van der Waals surface area (Å²) < 4.78 is 1.97. The second-order valence-corrected chi connectivity index (χ2v) is 6.84. The van der Waals surface area contributed by atoms with E-state index in [1.807, 2.05) is 53.9 Å². The maximum atomic E-state index is 12.7. The normalized spacial score (nSPS) is 10.9. The minimum atomic E-state index is -0.176. The van der Waals surface area contributed by atoms with E-state index in [9.17, 15) is 4.79 Å². The van der Waals surface area contributed by atoms with Crippen molar-refractivity contribution in [2.75, 3.05) is 17.3 Å². The summed E-state index contributed by atoms with van der Waals surface area (Å²) in [5.74, 6) is 0.617. The number of hydrogen-bond donors (Lipinski definition) is 1. The van der Waals surface area contributed by atoms with Crippen LogP contribution < -0.4 is 10.2 Å². The molecule has 29 heavy (non-hydrogen) atoms. The molecule has 4 rings (SSSR count). The lowest BCUT2D eigenvalue weighted by atomic mass is 10.1. The van der Waals surface area contributed by atoms with E-state index < -0.39 is 0 Å². The lowest BCUT2D eigenvalue weighted by Crippen LogP contribution is -2.16. The SMILES string of the molecule is CCc1ccc(C(=O)Nc2cccnc2)cc1N(C)c1cc2c(cn1)ncn2C.[HH]. The first-order valence-corrected chi connectivity index (χ1v) is 9.42. The Balaban J connectivity index is 0.00000256. The van der Waals surface area contributed by atoms with Crippen molar-refractivity contribution in [1.82, 2.24) is 19.5 Å². The van der Waals surface area contributed by atoms with Crippen LogP contribution in [0.3, 0.4) is 0 Å². The fraction of sp³-hybridized carbons (Fsp3) is 0.182. The summed E-state index contributed by atoms with van der Waals surface area (Å²) in [6, 6.07) is 11.3. The zero-order valence-electron chi connectivity index (χ0n) is 16.6. The Hall–Kier alpha value is -3.74. The Morgan fingerprint density at radius 3 is 2.83 bits per heavy atom. The van der Waals surface area contributed by atoms with Crippen molar-refractivity contribution in [1.29, 1.82) is 0 Å². The summed E-state index contributed by atoms with van der Waals surface area (Å²) >= 11 is 0. The third-order valence-electron chi connectivity index (χ3n) is 4.95. The van der Waals surface area contributed by atoms with Crippen molar-refractivity contribution in [3.63, 3.8) is 0 Å². The smallest absolute Gasteiger partial charge is 0.255 e. The van der Waals surface area contributed by atoms with Gasteiger partial charge in [-0.2, -0.15) is 0 Å². The minimum Gasteiger partial charge on any atom is -0.334 e. The van der Waals surface area contributed by atoms with Crippen LogP contribution in [0.2, 0.25) is 0 Å². The predicted molar refractivity (Wildman–Crippen MR) is 117 cm³/mol. The summed E-state index contributed by atoms with van der Waals surface area (Å²) in [7, 11) is 3.92. The number of hydrogen-bond acceptors (Lipinski definition) is 5. The van der Waals surface area contributed by atoms with Crippen LogP contribution in [0.15, 0.2) is 61.3 Å². The molecule has 0 radical (unpaired) electrons. The number of carbonyl (C=O) groups is 1. The average Bonchev–Trinajstić information content (AvgIpc) is 3.13. The lowest BCUT2D eigenvalue weighted by Gasteiger charge is -2.22. The summed E-state index contributed by atoms with van der Waals surface area (Å²) in [4.78, 5) is 27.6. The lowest BCUT2D eigenvalue weighted by molar-refractivity contribution is 0.102. The van der Waals surface area contributed by atoms with Crippen LogP contribution in [0, 0.1) is 0 Å². The monoisotopic (exact) mass is 388 g/mol. The van der Waals surface area contributed by atoms with Crippen molar-refractivity contribution in [3.8, 4) is 0 Å². The highest BCUT2D eigenvalue weighted by atomic mass is 16.1. The number of imidazole rings is 1. The van der Waals surface area contributed by atoms with Crippen LogP contribution in [0.25, 0.3) is 11.0 Å². The van der Waals surface area contributed by atoms with Crippen molar-refractivity contribution >= 4 is 34.1 Å². The molecule has 1 aromatic carbocycles. The van der Waals surface area contributed by atoms with E-state index in [4.69, 9.17) is 0 Å². The van der Waals surface area contributed by atoms with Gasteiger partial charge in [-0.1, -0.05) is 13.0 Å². The predicted octanol–water partition coefficient (Wildman–Crippen LogP) is 4.19. The van der Waals surface area contributed by atoms with Crippen molar-refractivity contribution in [2.24, 2.45) is 7.05 Å². The number of fused-ring (bicyclic) bond motifs is 1. The van der Waals surface area contributed by atoms with Crippen molar-refractivity contribution in [3.05, 3.63) is 72.4 Å². The van der Waals surface area contributed by atoms with Crippen molar-refractivity contribution < 1.29 is 6.22 Å². The van der Waals surface area contributed by atoms with Gasteiger partial charge in [-0.25, -0.2) is 9.97 Å². The maximum Gasteiger partial charge on any atom is 0.255 e. The molecule has 3 heterocycles. The standard InChI is InChI=1S/C22H22N6O.H2/c1-4-15-7-8-16(22(29)26-17-6-5-9-23-12-17)10-19(15)28(3)21-11-20-18(13-24-21)25-14-27(20)2;/h5-14H,4H2,1-3H3,(H,26,29);1H. The third-order valence-corrected chi connectivity index (χ3v) is 4.95. The van der Waals surface area contributed by atoms with Crippen LogP contribution >= 0.6 is 0 Å². The Morgan fingerprint density at radius 2 is 2.07 bits per heavy atom. The number of nitrogens with one attached hydrogen (secondary N) is 1. The first-order valence-electron chi connectivity index (χ1n) is 9.42. The Labute approximate surface area is 170 Å². The molecule has 0 fully saturated rings. The second kappa shape index (κ2) is 7.71. The van der Waals surface area contributed by atoms with E-state index in [1.165, 1.54) is 0 Å². The largest absolute Gasteiger partial charge is 0.334 e. The summed E-state index contributed by atoms with van der Waals surface area (Å²) in [5, 5.41) is 2.88. The zero-order valence-corrected chi connectivity index (χ0v) is 16.6. The molecule has 0 aliphatic carbocycles. The number of benzene rings is 1. The molecule has 0 aliphatic rings. The Bertz CT molecular complexity index is 1170. The molecule has 7 heteroatoms. The van der Waals surface area contributed by atoms with E-state index in [2.05, 4.69) is 27.2 Å². The molecule has 0 atom stereocenters. The number of anilines is 3. The zero-order chi connectivity index (χ0) is 20.4. The Morgan fingerprint density at radius 1 is 1.21 bits per heavy atom. The molecule has 4 aromatic rings. The van der Waals surface area contributed by atoms with E-state index in [-0.39, 0.29) is 7.33 Å². The summed E-state index contributed by atoms with van der Waals surface area (Å²) in [6.45, 7) is 2.10. The molecule has 0 saturated heterocycles. The fourth-order valence-corrected chi connectivity index (χ4v) is 3.28. The number of carbonyl (C=O) groups excluding carboxylic acids is 1. The van der Waals surface area contributed by atoms with Gasteiger partial charge < -0.3 is 14.8 Å². The number of aryl methyl sites for hydroxylation is 2. The molecule has 1 amide bonds. The summed E-state index contributed by atoms with van der Waals surface area (Å²) in [5.41, 5.74) is 5.18. The van der Waals surface area contributed by atoms with Gasteiger partial charge in [-0.3, -0.25) is 9.78 Å². The maximum absolute atomic E-state index is 12.7. The van der Waals surface area contributed by atoms with E-state index in [0.717, 1.165) is 34.5 Å². The first-order chi connectivity index (χ1) is 14.1. The molecule has 0 bridgehead atoms. The topological polar surface area (TPSA) is 75.9 Å². The number of rotatable bonds is 5. The first kappa shape index (κ1) is 18.6. The van der Waals surface area contributed by atoms with Crippen LogP contribution in [-0.2, 0) is 13.5 Å². The highest BCUT2D eigenvalue weighted by Crippen LogP contribution is 2.29.